The van der Waals surface area contributed by atoms with Crippen LogP contribution in [-0.2, 0) is 4.74 Å². The zero-order valence-corrected chi connectivity index (χ0v) is 15.8. The standard InChI is InChI=1S/C21H22N2O4/c1-13(2)27-21(24)14-5-7-15(8-6-14)23-17-9-10-22-18-12-20(26-4)19(25-3)11-16(17)18/h5-13H,1-4H3,(H,22,23). The molecule has 0 radical (unpaired) electrons. The SMILES string of the molecule is COc1cc2nccc(Nc3ccc(C(=O)OC(C)C)cc3)c2cc1OC. The van der Waals surface area contributed by atoms with Crippen LogP contribution in [0.1, 0.15) is 24.2 Å². The minimum absolute atomic E-state index is 0.148. The van der Waals surface area contributed by atoms with Crippen molar-refractivity contribution in [3.05, 3.63) is 54.2 Å². The van der Waals surface area contributed by atoms with Crippen molar-refractivity contribution in [2.75, 3.05) is 19.5 Å². The van der Waals surface area contributed by atoms with Gasteiger partial charge in [-0.2, -0.15) is 0 Å². The Bertz CT molecular complexity index is 952. The number of methoxy groups -OCH3 is 2. The van der Waals surface area contributed by atoms with Crippen LogP contribution in [0.2, 0.25) is 0 Å². The fourth-order valence-electron chi connectivity index (χ4n) is 2.71. The maximum atomic E-state index is 12.0. The van der Waals surface area contributed by atoms with Gasteiger partial charge in [-0.05, 0) is 50.2 Å². The van der Waals surface area contributed by atoms with Crippen molar-refractivity contribution in [3.8, 4) is 11.5 Å². The second kappa shape index (κ2) is 7.95. The van der Waals surface area contributed by atoms with E-state index < -0.39 is 0 Å². The molecule has 0 bridgehead atoms. The lowest BCUT2D eigenvalue weighted by Crippen LogP contribution is -2.11. The molecule has 27 heavy (non-hydrogen) atoms. The van der Waals surface area contributed by atoms with Gasteiger partial charge in [0.25, 0.3) is 0 Å². The van der Waals surface area contributed by atoms with Crippen molar-refractivity contribution in [3.63, 3.8) is 0 Å². The maximum absolute atomic E-state index is 12.0. The third kappa shape index (κ3) is 4.11. The zero-order valence-electron chi connectivity index (χ0n) is 15.8. The molecule has 0 saturated heterocycles. The number of carbonyl (C=O) groups is 1. The van der Waals surface area contributed by atoms with Crippen LogP contribution in [0.25, 0.3) is 10.9 Å². The van der Waals surface area contributed by atoms with Gasteiger partial charge in [-0.15, -0.1) is 0 Å². The first-order valence-electron chi connectivity index (χ1n) is 8.60. The Hall–Kier alpha value is -3.28. The molecule has 3 aromatic rings. The smallest absolute Gasteiger partial charge is 0.338 e. The molecule has 0 fully saturated rings. The summed E-state index contributed by atoms with van der Waals surface area (Å²) in [6, 6.07) is 12.8. The van der Waals surface area contributed by atoms with Crippen LogP contribution >= 0.6 is 0 Å². The molecule has 0 aliphatic heterocycles. The molecule has 0 spiro atoms. The first kappa shape index (κ1) is 18.5. The minimum atomic E-state index is -0.331. The Morgan fingerprint density at radius 3 is 2.30 bits per heavy atom. The fraction of sp³-hybridized carbons (Fsp3) is 0.238. The van der Waals surface area contributed by atoms with Gasteiger partial charge in [0.1, 0.15) is 0 Å². The van der Waals surface area contributed by atoms with Gasteiger partial charge < -0.3 is 19.5 Å². The summed E-state index contributed by atoms with van der Waals surface area (Å²) >= 11 is 0. The number of anilines is 2. The van der Waals surface area contributed by atoms with E-state index in [4.69, 9.17) is 14.2 Å². The van der Waals surface area contributed by atoms with Crippen LogP contribution in [-0.4, -0.2) is 31.3 Å². The Balaban J connectivity index is 1.89. The number of esters is 1. The van der Waals surface area contributed by atoms with Gasteiger partial charge in [-0.1, -0.05) is 0 Å². The summed E-state index contributed by atoms with van der Waals surface area (Å²) in [6.45, 7) is 3.65. The average Bonchev–Trinajstić information content (AvgIpc) is 2.67. The van der Waals surface area contributed by atoms with Gasteiger partial charge in [0.05, 0.1) is 31.4 Å². The molecule has 1 N–H and O–H groups in total. The van der Waals surface area contributed by atoms with Gasteiger partial charge in [-0.3, -0.25) is 4.98 Å². The molecule has 0 aliphatic rings. The monoisotopic (exact) mass is 366 g/mol. The maximum Gasteiger partial charge on any atom is 0.338 e. The highest BCUT2D eigenvalue weighted by Gasteiger charge is 2.11. The Morgan fingerprint density at radius 2 is 1.67 bits per heavy atom. The number of rotatable bonds is 6. The number of benzene rings is 2. The van der Waals surface area contributed by atoms with Crippen molar-refractivity contribution in [2.24, 2.45) is 0 Å². The Labute approximate surface area is 158 Å². The second-order valence-corrected chi connectivity index (χ2v) is 6.24. The van der Waals surface area contributed by atoms with E-state index in [1.807, 2.05) is 44.2 Å². The number of nitrogens with one attached hydrogen (secondary N) is 1. The molecule has 6 heteroatoms. The number of nitrogens with zero attached hydrogens (tertiary/aromatic N) is 1. The third-order valence-electron chi connectivity index (χ3n) is 3.99. The summed E-state index contributed by atoms with van der Waals surface area (Å²) in [4.78, 5) is 16.3. The van der Waals surface area contributed by atoms with Gasteiger partial charge in [0.15, 0.2) is 11.5 Å². The minimum Gasteiger partial charge on any atom is -0.493 e. The number of carbonyl (C=O) groups excluding carboxylic acids is 1. The van der Waals surface area contributed by atoms with Crippen LogP contribution in [0.15, 0.2) is 48.7 Å². The number of fused-ring (bicyclic) bond motifs is 1. The molecule has 0 saturated carbocycles. The first-order chi connectivity index (χ1) is 13.0. The van der Waals surface area contributed by atoms with Crippen molar-refractivity contribution in [1.29, 1.82) is 0 Å². The van der Waals surface area contributed by atoms with Crippen LogP contribution in [0.5, 0.6) is 11.5 Å². The summed E-state index contributed by atoms with van der Waals surface area (Å²) < 4.78 is 15.9. The predicted octanol–water partition coefficient (Wildman–Crippen LogP) is 4.56. The van der Waals surface area contributed by atoms with Crippen LogP contribution in [0.4, 0.5) is 11.4 Å². The highest BCUT2D eigenvalue weighted by Crippen LogP contribution is 2.35. The lowest BCUT2D eigenvalue weighted by atomic mass is 10.1. The lowest BCUT2D eigenvalue weighted by molar-refractivity contribution is 0.0378. The number of hydrogen-bond acceptors (Lipinski definition) is 6. The molecule has 0 aliphatic carbocycles. The van der Waals surface area contributed by atoms with Crippen LogP contribution in [0, 0.1) is 0 Å². The highest BCUT2D eigenvalue weighted by molar-refractivity contribution is 5.95. The van der Waals surface area contributed by atoms with E-state index in [2.05, 4.69) is 10.3 Å². The normalized spacial score (nSPS) is 10.7. The molecule has 2 aromatic carbocycles. The number of aromatic nitrogens is 1. The lowest BCUT2D eigenvalue weighted by Gasteiger charge is -2.13. The summed E-state index contributed by atoms with van der Waals surface area (Å²) in [5.41, 5.74) is 3.02. The molecule has 140 valence electrons. The summed E-state index contributed by atoms with van der Waals surface area (Å²) in [5.74, 6) is 0.929. The zero-order chi connectivity index (χ0) is 19.4. The van der Waals surface area contributed by atoms with Gasteiger partial charge in [0.2, 0.25) is 0 Å². The van der Waals surface area contributed by atoms with Crippen molar-refractivity contribution >= 4 is 28.2 Å². The third-order valence-corrected chi connectivity index (χ3v) is 3.99. The average molecular weight is 366 g/mol. The Morgan fingerprint density at radius 1 is 1.00 bits per heavy atom. The van der Waals surface area contributed by atoms with Crippen LogP contribution in [0.3, 0.4) is 0 Å². The molecular formula is C21H22N2O4. The summed E-state index contributed by atoms with van der Waals surface area (Å²) in [6.07, 6.45) is 1.58. The van der Waals surface area contributed by atoms with Gasteiger partial charge in [-0.25, -0.2) is 4.79 Å². The molecule has 0 atom stereocenters. The van der Waals surface area contributed by atoms with E-state index >= 15 is 0 Å². The molecule has 6 nitrogen and oxygen atoms in total. The molecule has 1 aromatic heterocycles. The highest BCUT2D eigenvalue weighted by atomic mass is 16.5. The molecule has 0 unspecified atom stereocenters. The van der Waals surface area contributed by atoms with E-state index in [0.717, 1.165) is 22.3 Å². The van der Waals surface area contributed by atoms with Crippen molar-refractivity contribution < 1.29 is 19.0 Å². The molecule has 3 rings (SSSR count). The van der Waals surface area contributed by atoms with Crippen LogP contribution < -0.4 is 14.8 Å². The second-order valence-electron chi connectivity index (χ2n) is 6.24. The van der Waals surface area contributed by atoms with E-state index in [1.54, 1.807) is 32.5 Å². The van der Waals surface area contributed by atoms with Gasteiger partial charge in [0, 0.05) is 29.0 Å². The molecule has 1 heterocycles. The quantitative estimate of drug-likeness (QED) is 0.645. The van der Waals surface area contributed by atoms with Crippen molar-refractivity contribution in [2.45, 2.75) is 20.0 Å². The summed E-state index contributed by atoms with van der Waals surface area (Å²) in [5, 5.41) is 4.26. The molecular weight excluding hydrogens is 344 g/mol. The summed E-state index contributed by atoms with van der Waals surface area (Å²) in [7, 11) is 3.19. The van der Waals surface area contributed by atoms with E-state index in [9.17, 15) is 4.79 Å². The fourth-order valence-corrected chi connectivity index (χ4v) is 2.71. The first-order valence-corrected chi connectivity index (χ1v) is 8.60. The van der Waals surface area contributed by atoms with Crippen molar-refractivity contribution in [1.82, 2.24) is 4.98 Å². The Kier molecular flexibility index (Phi) is 5.45. The van der Waals surface area contributed by atoms with E-state index in [1.165, 1.54) is 0 Å². The topological polar surface area (TPSA) is 69.7 Å². The molecule has 0 amide bonds. The van der Waals surface area contributed by atoms with E-state index in [0.29, 0.717) is 17.1 Å². The van der Waals surface area contributed by atoms with Gasteiger partial charge >= 0.3 is 5.97 Å². The number of hydrogen-bond donors (Lipinski definition) is 1. The number of pyridine rings is 1. The van der Waals surface area contributed by atoms with E-state index in [-0.39, 0.29) is 12.1 Å². The number of ether oxygens (including phenoxy) is 3. The predicted molar refractivity (Wildman–Crippen MR) is 105 cm³/mol. The largest absolute Gasteiger partial charge is 0.493 e.